The molecule has 0 saturated carbocycles. The van der Waals surface area contributed by atoms with Crippen LogP contribution in [0.15, 0.2) is 40.9 Å². The third-order valence-corrected chi connectivity index (χ3v) is 4.37. The Morgan fingerprint density at radius 1 is 1.33 bits per heavy atom. The molecule has 2 rings (SSSR count). The molecule has 1 atom stereocenters. The predicted octanol–water partition coefficient (Wildman–Crippen LogP) is 3.13. The summed E-state index contributed by atoms with van der Waals surface area (Å²) in [6.45, 7) is 0. The number of carboxylic acids is 1. The molecule has 0 radical (unpaired) electrons. The fraction of sp³-hybridized carbons (Fsp3) is 0.154. The van der Waals surface area contributed by atoms with Gasteiger partial charge in [-0.25, -0.2) is 0 Å². The van der Waals surface area contributed by atoms with E-state index in [2.05, 4.69) is 15.9 Å². The van der Waals surface area contributed by atoms with E-state index < -0.39 is 12.0 Å². The maximum Gasteiger partial charge on any atom is 0.320 e. The summed E-state index contributed by atoms with van der Waals surface area (Å²) in [4.78, 5) is 12.8. The molecule has 3 nitrogen and oxygen atoms in total. The van der Waals surface area contributed by atoms with Gasteiger partial charge in [0.25, 0.3) is 0 Å². The van der Waals surface area contributed by atoms with E-state index in [1.54, 1.807) is 11.3 Å². The largest absolute Gasteiger partial charge is 0.480 e. The quantitative estimate of drug-likeness (QED) is 0.907. The van der Waals surface area contributed by atoms with E-state index in [-0.39, 0.29) is 0 Å². The van der Waals surface area contributed by atoms with Crippen molar-refractivity contribution in [2.45, 2.75) is 12.5 Å². The number of hydrogen-bond acceptors (Lipinski definition) is 3. The monoisotopic (exact) mass is 325 g/mol. The van der Waals surface area contributed by atoms with Gasteiger partial charge in [-0.1, -0.05) is 34.1 Å². The van der Waals surface area contributed by atoms with Crippen LogP contribution >= 0.6 is 27.3 Å². The zero-order chi connectivity index (χ0) is 13.1. The number of rotatable bonds is 4. The van der Waals surface area contributed by atoms with Crippen molar-refractivity contribution in [1.29, 1.82) is 0 Å². The van der Waals surface area contributed by atoms with E-state index in [1.165, 1.54) is 0 Å². The second-order valence-corrected chi connectivity index (χ2v) is 5.92. The lowest BCUT2D eigenvalue weighted by Crippen LogP contribution is -2.31. The second-order valence-electron chi connectivity index (χ2n) is 3.89. The molecule has 0 aliphatic rings. The number of nitrogens with two attached hydrogens (primary N) is 1. The van der Waals surface area contributed by atoms with Gasteiger partial charge in [-0.15, -0.1) is 11.3 Å². The lowest BCUT2D eigenvalue weighted by Gasteiger charge is -2.03. The van der Waals surface area contributed by atoms with Crippen LogP contribution < -0.4 is 5.73 Å². The van der Waals surface area contributed by atoms with Crippen molar-refractivity contribution in [3.05, 3.63) is 45.7 Å². The first-order chi connectivity index (χ1) is 8.58. The molecule has 0 spiro atoms. The van der Waals surface area contributed by atoms with Gasteiger partial charge in [-0.3, -0.25) is 4.79 Å². The number of benzene rings is 1. The topological polar surface area (TPSA) is 63.3 Å². The summed E-state index contributed by atoms with van der Waals surface area (Å²) in [6.07, 6.45) is 0.366. The van der Waals surface area contributed by atoms with Crippen LogP contribution in [0.1, 0.15) is 4.88 Å². The highest BCUT2D eigenvalue weighted by Crippen LogP contribution is 2.33. The number of carbonyl (C=O) groups is 1. The lowest BCUT2D eigenvalue weighted by molar-refractivity contribution is -0.138. The molecule has 3 N–H and O–H groups in total. The highest BCUT2D eigenvalue weighted by Gasteiger charge is 2.14. The molecule has 18 heavy (non-hydrogen) atoms. The van der Waals surface area contributed by atoms with Crippen molar-refractivity contribution in [2.24, 2.45) is 5.73 Å². The SMILES string of the molecule is NC(Cc1ccc(-c2ccccc2Br)s1)C(=O)O. The summed E-state index contributed by atoms with van der Waals surface area (Å²) in [6, 6.07) is 11.0. The van der Waals surface area contributed by atoms with Gasteiger partial charge in [-0.05, 0) is 18.2 Å². The molecular weight excluding hydrogens is 314 g/mol. The Morgan fingerprint density at radius 3 is 2.72 bits per heavy atom. The molecule has 2 aromatic rings. The molecule has 94 valence electrons. The number of carboxylic acid groups (broad SMARTS) is 1. The molecule has 1 aromatic heterocycles. The smallest absolute Gasteiger partial charge is 0.320 e. The summed E-state index contributed by atoms with van der Waals surface area (Å²) >= 11 is 5.08. The predicted molar refractivity (Wildman–Crippen MR) is 76.8 cm³/mol. The van der Waals surface area contributed by atoms with E-state index in [9.17, 15) is 4.79 Å². The minimum Gasteiger partial charge on any atom is -0.480 e. The van der Waals surface area contributed by atoms with Crippen LogP contribution in [0.25, 0.3) is 10.4 Å². The summed E-state index contributed by atoms with van der Waals surface area (Å²) in [5.74, 6) is -0.967. The Hall–Kier alpha value is -1.17. The number of aliphatic carboxylic acids is 1. The Morgan fingerprint density at radius 2 is 2.06 bits per heavy atom. The average Bonchev–Trinajstić information content (AvgIpc) is 2.77. The van der Waals surface area contributed by atoms with Crippen molar-refractivity contribution >= 4 is 33.2 Å². The van der Waals surface area contributed by atoms with Crippen LogP contribution in [0.2, 0.25) is 0 Å². The zero-order valence-electron chi connectivity index (χ0n) is 9.47. The average molecular weight is 326 g/mol. The van der Waals surface area contributed by atoms with Crippen LogP contribution in [0.5, 0.6) is 0 Å². The molecular formula is C13H12BrNO2S. The van der Waals surface area contributed by atoms with E-state index in [4.69, 9.17) is 10.8 Å². The first-order valence-corrected chi connectivity index (χ1v) is 7.01. The summed E-state index contributed by atoms with van der Waals surface area (Å²) < 4.78 is 1.03. The van der Waals surface area contributed by atoms with Gasteiger partial charge in [0.1, 0.15) is 6.04 Å². The van der Waals surface area contributed by atoms with Crippen LogP contribution in [0, 0.1) is 0 Å². The minimum absolute atomic E-state index is 0.366. The van der Waals surface area contributed by atoms with Crippen molar-refractivity contribution in [3.8, 4) is 10.4 Å². The highest BCUT2D eigenvalue weighted by molar-refractivity contribution is 9.10. The van der Waals surface area contributed by atoms with Crippen molar-refractivity contribution in [1.82, 2.24) is 0 Å². The van der Waals surface area contributed by atoms with Gasteiger partial charge in [-0.2, -0.15) is 0 Å². The van der Waals surface area contributed by atoms with Gasteiger partial charge < -0.3 is 10.8 Å². The maximum absolute atomic E-state index is 10.7. The van der Waals surface area contributed by atoms with Crippen LogP contribution in [0.4, 0.5) is 0 Å². The van der Waals surface area contributed by atoms with Gasteiger partial charge in [0.2, 0.25) is 0 Å². The van der Waals surface area contributed by atoms with Crippen molar-refractivity contribution in [3.63, 3.8) is 0 Å². The van der Waals surface area contributed by atoms with E-state index in [0.29, 0.717) is 6.42 Å². The van der Waals surface area contributed by atoms with Crippen LogP contribution in [0.3, 0.4) is 0 Å². The third kappa shape index (κ3) is 2.98. The van der Waals surface area contributed by atoms with Crippen molar-refractivity contribution in [2.75, 3.05) is 0 Å². The third-order valence-electron chi connectivity index (χ3n) is 2.54. The molecule has 0 aliphatic carbocycles. The van der Waals surface area contributed by atoms with E-state index in [1.807, 2.05) is 36.4 Å². The van der Waals surface area contributed by atoms with Crippen LogP contribution in [-0.2, 0) is 11.2 Å². The Bertz CT molecular complexity index is 568. The second kappa shape index (κ2) is 5.65. The molecule has 0 amide bonds. The standard InChI is InChI=1S/C13H12BrNO2S/c14-10-4-2-1-3-9(10)12-6-5-8(18-12)7-11(15)13(16)17/h1-6,11H,7,15H2,(H,16,17). The summed E-state index contributed by atoms with van der Waals surface area (Å²) in [7, 11) is 0. The Kier molecular flexibility index (Phi) is 4.16. The Labute approximate surface area is 117 Å². The van der Waals surface area contributed by atoms with Gasteiger partial charge in [0, 0.05) is 26.2 Å². The Balaban J connectivity index is 2.21. The number of thiophene rings is 1. The van der Waals surface area contributed by atoms with Crippen LogP contribution in [-0.4, -0.2) is 17.1 Å². The number of halogens is 1. The van der Waals surface area contributed by atoms with Gasteiger partial charge >= 0.3 is 5.97 Å². The van der Waals surface area contributed by atoms with E-state index >= 15 is 0 Å². The van der Waals surface area contributed by atoms with Crippen molar-refractivity contribution < 1.29 is 9.90 Å². The maximum atomic E-state index is 10.7. The highest BCUT2D eigenvalue weighted by atomic mass is 79.9. The lowest BCUT2D eigenvalue weighted by atomic mass is 10.2. The molecule has 5 heteroatoms. The molecule has 1 aromatic carbocycles. The first kappa shape index (κ1) is 13.3. The van der Waals surface area contributed by atoms with Gasteiger partial charge in [0.05, 0.1) is 0 Å². The molecule has 0 fully saturated rings. The zero-order valence-corrected chi connectivity index (χ0v) is 11.9. The molecule has 0 aliphatic heterocycles. The summed E-state index contributed by atoms with van der Waals surface area (Å²) in [5, 5.41) is 8.78. The molecule has 0 saturated heterocycles. The molecule has 0 bridgehead atoms. The molecule has 1 heterocycles. The van der Waals surface area contributed by atoms with E-state index in [0.717, 1.165) is 19.8 Å². The number of hydrogen-bond donors (Lipinski definition) is 2. The van der Waals surface area contributed by atoms with Gasteiger partial charge in [0.15, 0.2) is 0 Å². The fourth-order valence-electron chi connectivity index (χ4n) is 1.60. The first-order valence-electron chi connectivity index (χ1n) is 5.40. The summed E-state index contributed by atoms with van der Waals surface area (Å²) in [5.41, 5.74) is 6.63. The fourth-order valence-corrected chi connectivity index (χ4v) is 3.33. The normalized spacial score (nSPS) is 12.3. The minimum atomic E-state index is -0.967. The molecule has 1 unspecified atom stereocenters.